The molecule has 0 aliphatic carbocycles. The topological polar surface area (TPSA) is 61.0 Å². The molecule has 0 aliphatic rings. The van der Waals surface area contributed by atoms with Gasteiger partial charge in [0.1, 0.15) is 0 Å². The second-order valence-electron chi connectivity index (χ2n) is 4.19. The second kappa shape index (κ2) is 4.47. The molecule has 0 fully saturated rings. The van der Waals surface area contributed by atoms with E-state index < -0.39 is 0 Å². The minimum absolute atomic E-state index is 0.103. The lowest BCUT2D eigenvalue weighted by molar-refractivity contribution is -0.431. The van der Waals surface area contributed by atoms with E-state index in [1.807, 2.05) is 34.7 Å². The van der Waals surface area contributed by atoms with Crippen molar-refractivity contribution in [1.29, 1.82) is 0 Å². The molecule has 0 saturated heterocycles. The van der Waals surface area contributed by atoms with Crippen molar-refractivity contribution in [3.05, 3.63) is 32.8 Å². The number of nitrogens with zero attached hydrogens (tertiary/aromatic N) is 3. The molecule has 1 heterocycles. The first-order valence-corrected chi connectivity index (χ1v) is 5.20. The fraction of sp³-hybridized carbons (Fsp3) is 0.545. The molecule has 0 radical (unpaired) electrons. The summed E-state index contributed by atoms with van der Waals surface area (Å²) in [7, 11) is 1.83. The molecule has 0 unspecified atom stereocenters. The maximum atomic E-state index is 10.9. The average Bonchev–Trinajstić information content (AvgIpc) is 2.38. The van der Waals surface area contributed by atoms with Crippen LogP contribution in [0.2, 0.25) is 0 Å². The summed E-state index contributed by atoms with van der Waals surface area (Å²) < 4.78 is 1.74. The summed E-state index contributed by atoms with van der Waals surface area (Å²) in [5.74, 6) is -0.103. The third kappa shape index (κ3) is 2.29. The molecule has 5 nitrogen and oxygen atoms in total. The van der Waals surface area contributed by atoms with Crippen LogP contribution in [0.3, 0.4) is 0 Å². The maximum Gasteiger partial charge on any atom is 0.249 e. The molecule has 1 aromatic heterocycles. The van der Waals surface area contributed by atoms with Crippen LogP contribution in [0.15, 0.2) is 5.70 Å². The molecule has 0 atom stereocenters. The summed E-state index contributed by atoms with van der Waals surface area (Å²) >= 11 is 0. The Morgan fingerprint density at radius 3 is 2.38 bits per heavy atom. The van der Waals surface area contributed by atoms with E-state index in [4.69, 9.17) is 0 Å². The van der Waals surface area contributed by atoms with Crippen molar-refractivity contribution in [2.75, 3.05) is 0 Å². The molecule has 1 aromatic rings. The van der Waals surface area contributed by atoms with Crippen molar-refractivity contribution in [1.82, 2.24) is 9.78 Å². The van der Waals surface area contributed by atoms with E-state index in [-0.39, 0.29) is 16.5 Å². The normalized spacial score (nSPS) is 12.2. The third-order valence-corrected chi connectivity index (χ3v) is 2.66. The Labute approximate surface area is 94.9 Å². The van der Waals surface area contributed by atoms with Gasteiger partial charge in [-0.15, -0.1) is 0 Å². The van der Waals surface area contributed by atoms with Gasteiger partial charge in [-0.1, -0.05) is 13.8 Å². The molecule has 0 N–H and O–H groups in total. The highest BCUT2D eigenvalue weighted by Gasteiger charge is 2.18. The fourth-order valence-corrected chi connectivity index (χ4v) is 1.58. The Kier molecular flexibility index (Phi) is 3.47. The van der Waals surface area contributed by atoms with Gasteiger partial charge in [-0.3, -0.25) is 14.8 Å². The molecular formula is C11H17N3O2. The number of allylic oxidation sites excluding steroid dienone is 1. The van der Waals surface area contributed by atoms with E-state index >= 15 is 0 Å². The number of nitro groups is 1. The van der Waals surface area contributed by atoms with Crippen LogP contribution in [0, 0.1) is 29.9 Å². The van der Waals surface area contributed by atoms with Gasteiger partial charge in [0.05, 0.1) is 10.6 Å². The molecule has 5 heteroatoms. The van der Waals surface area contributed by atoms with E-state index in [1.54, 1.807) is 10.8 Å². The van der Waals surface area contributed by atoms with Gasteiger partial charge in [0.2, 0.25) is 5.70 Å². The van der Waals surface area contributed by atoms with Crippen molar-refractivity contribution in [2.24, 2.45) is 13.0 Å². The summed E-state index contributed by atoms with van der Waals surface area (Å²) in [6, 6.07) is 0. The minimum atomic E-state index is -0.323. The van der Waals surface area contributed by atoms with Gasteiger partial charge in [-0.25, -0.2) is 0 Å². The molecular weight excluding hydrogens is 206 g/mol. The number of hydrogen-bond donors (Lipinski definition) is 0. The van der Waals surface area contributed by atoms with Crippen LogP contribution >= 0.6 is 0 Å². The van der Waals surface area contributed by atoms with Crippen LogP contribution in [0.1, 0.15) is 30.8 Å². The van der Waals surface area contributed by atoms with Gasteiger partial charge >= 0.3 is 0 Å². The number of hydrogen-bond acceptors (Lipinski definition) is 3. The van der Waals surface area contributed by atoms with E-state index in [2.05, 4.69) is 5.10 Å². The van der Waals surface area contributed by atoms with Gasteiger partial charge in [0.15, 0.2) is 0 Å². The van der Waals surface area contributed by atoms with Crippen molar-refractivity contribution in [2.45, 2.75) is 27.7 Å². The Bertz CT molecular complexity index is 444. The third-order valence-electron chi connectivity index (χ3n) is 2.66. The number of aryl methyl sites for hydroxylation is 2. The van der Waals surface area contributed by atoms with Crippen molar-refractivity contribution >= 4 is 6.08 Å². The highest BCUT2D eigenvalue weighted by molar-refractivity contribution is 5.56. The Hall–Kier alpha value is -1.65. The van der Waals surface area contributed by atoms with Gasteiger partial charge in [-0.05, 0) is 13.8 Å². The second-order valence-corrected chi connectivity index (χ2v) is 4.19. The molecule has 0 aromatic carbocycles. The predicted octanol–water partition coefficient (Wildman–Crippen LogP) is 2.31. The minimum Gasteiger partial charge on any atom is -0.272 e. The fourth-order valence-electron chi connectivity index (χ4n) is 1.58. The van der Waals surface area contributed by atoms with Crippen LogP contribution in [0.4, 0.5) is 0 Å². The molecule has 16 heavy (non-hydrogen) atoms. The van der Waals surface area contributed by atoms with Crippen LogP contribution in [-0.2, 0) is 7.05 Å². The first-order valence-electron chi connectivity index (χ1n) is 5.20. The lowest BCUT2D eigenvalue weighted by Gasteiger charge is -2.02. The maximum absolute atomic E-state index is 10.9. The van der Waals surface area contributed by atoms with Gasteiger partial charge in [0.25, 0.3) is 0 Å². The summed E-state index contributed by atoms with van der Waals surface area (Å²) in [5.41, 5.74) is 2.83. The molecule has 1 rings (SSSR count). The van der Waals surface area contributed by atoms with E-state index in [0.29, 0.717) is 0 Å². The molecule has 0 spiro atoms. The average molecular weight is 223 g/mol. The Morgan fingerprint density at radius 2 is 2.06 bits per heavy atom. The Balaban J connectivity index is 3.28. The quantitative estimate of drug-likeness (QED) is 0.583. The van der Waals surface area contributed by atoms with E-state index in [1.165, 1.54) is 0 Å². The van der Waals surface area contributed by atoms with E-state index in [9.17, 15) is 10.1 Å². The number of rotatable bonds is 3. The zero-order valence-electron chi connectivity index (χ0n) is 10.3. The van der Waals surface area contributed by atoms with E-state index in [0.717, 1.165) is 17.0 Å². The molecule has 88 valence electrons. The SMILES string of the molecule is Cc1nn(C)c(C)c1C=C(C(C)C)[N+](=O)[O-]. The van der Waals surface area contributed by atoms with Gasteiger partial charge in [0, 0.05) is 30.3 Å². The summed E-state index contributed by atoms with van der Waals surface area (Å²) in [6.45, 7) is 7.39. The lowest BCUT2D eigenvalue weighted by Crippen LogP contribution is -2.05. The summed E-state index contributed by atoms with van der Waals surface area (Å²) in [4.78, 5) is 10.6. The van der Waals surface area contributed by atoms with Crippen molar-refractivity contribution < 1.29 is 4.92 Å². The molecule has 0 saturated carbocycles. The molecule has 0 aliphatic heterocycles. The zero-order valence-corrected chi connectivity index (χ0v) is 10.3. The molecule has 0 bridgehead atoms. The van der Waals surface area contributed by atoms with Crippen LogP contribution in [0.5, 0.6) is 0 Å². The predicted molar refractivity (Wildman–Crippen MR) is 62.5 cm³/mol. The number of aromatic nitrogens is 2. The van der Waals surface area contributed by atoms with Crippen LogP contribution in [-0.4, -0.2) is 14.7 Å². The van der Waals surface area contributed by atoms with Crippen molar-refractivity contribution in [3.63, 3.8) is 0 Å². The Morgan fingerprint density at radius 1 is 1.50 bits per heavy atom. The smallest absolute Gasteiger partial charge is 0.249 e. The lowest BCUT2D eigenvalue weighted by atomic mass is 10.1. The largest absolute Gasteiger partial charge is 0.272 e. The van der Waals surface area contributed by atoms with Crippen LogP contribution < -0.4 is 0 Å². The monoisotopic (exact) mass is 223 g/mol. The zero-order chi connectivity index (χ0) is 12.5. The standard InChI is InChI=1S/C11H17N3O2/c1-7(2)11(14(15)16)6-10-8(3)12-13(5)9(10)4/h6-7H,1-5H3. The van der Waals surface area contributed by atoms with Gasteiger partial charge in [-0.2, -0.15) is 5.10 Å². The van der Waals surface area contributed by atoms with Crippen molar-refractivity contribution in [3.8, 4) is 0 Å². The summed E-state index contributed by atoms with van der Waals surface area (Å²) in [5, 5.41) is 15.1. The van der Waals surface area contributed by atoms with Gasteiger partial charge < -0.3 is 0 Å². The first-order chi connectivity index (χ1) is 7.34. The highest BCUT2D eigenvalue weighted by atomic mass is 16.6. The molecule has 0 amide bonds. The highest BCUT2D eigenvalue weighted by Crippen LogP contribution is 2.20. The summed E-state index contributed by atoms with van der Waals surface area (Å²) in [6.07, 6.45) is 1.63. The van der Waals surface area contributed by atoms with Crippen LogP contribution in [0.25, 0.3) is 6.08 Å². The first kappa shape index (κ1) is 12.4.